The van der Waals surface area contributed by atoms with Gasteiger partial charge in [-0.1, -0.05) is 30.4 Å². The molecule has 1 aromatic carbocycles. The van der Waals surface area contributed by atoms with Gasteiger partial charge in [0, 0.05) is 25.6 Å². The molecule has 5 heteroatoms. The van der Waals surface area contributed by atoms with Crippen LogP contribution in [0.15, 0.2) is 18.2 Å². The molecular formula is C20H27N3OS. The van der Waals surface area contributed by atoms with E-state index in [0.717, 1.165) is 37.5 Å². The lowest BCUT2D eigenvalue weighted by atomic mass is 9.91. The molecule has 4 nitrogen and oxygen atoms in total. The first kappa shape index (κ1) is 16.8. The highest BCUT2D eigenvalue weighted by Crippen LogP contribution is 2.33. The van der Waals surface area contributed by atoms with Crippen molar-refractivity contribution in [3.63, 3.8) is 0 Å². The van der Waals surface area contributed by atoms with E-state index < -0.39 is 0 Å². The van der Waals surface area contributed by atoms with Gasteiger partial charge >= 0.3 is 0 Å². The third kappa shape index (κ3) is 3.66. The topological polar surface area (TPSA) is 45.2 Å². The second-order valence-electron chi connectivity index (χ2n) is 7.44. The van der Waals surface area contributed by atoms with E-state index in [9.17, 15) is 4.79 Å². The zero-order chi connectivity index (χ0) is 17.2. The summed E-state index contributed by atoms with van der Waals surface area (Å²) in [6.45, 7) is 4.22. The van der Waals surface area contributed by atoms with Gasteiger partial charge in [0.15, 0.2) is 5.13 Å². The van der Waals surface area contributed by atoms with E-state index in [1.165, 1.54) is 35.0 Å². The van der Waals surface area contributed by atoms with Crippen LogP contribution in [0.2, 0.25) is 0 Å². The van der Waals surface area contributed by atoms with Gasteiger partial charge in [0.05, 0.1) is 10.2 Å². The van der Waals surface area contributed by atoms with Crippen LogP contribution in [0.5, 0.6) is 0 Å². The zero-order valence-corrected chi connectivity index (χ0v) is 15.8. The number of aryl methyl sites for hydroxylation is 1. The first-order chi connectivity index (χ1) is 12.2. The normalized spacial score (nSPS) is 19.2. The Kier molecular flexibility index (Phi) is 4.93. The predicted molar refractivity (Wildman–Crippen MR) is 104 cm³/mol. The number of carbonyl (C=O) groups excluding carboxylic acids is 1. The van der Waals surface area contributed by atoms with Crippen LogP contribution >= 0.6 is 11.3 Å². The molecule has 0 bridgehead atoms. The standard InChI is InChI=1S/C20H27N3OS/c1-2-15-5-3-8-17-19(15)22-20(25-17)23-11-9-14(10-12-23)13-18(24)21-16-6-4-7-16/h3,5,8,14,16H,2,4,6-7,9-13H2,1H3,(H,21,24). The lowest BCUT2D eigenvalue weighted by molar-refractivity contribution is -0.123. The molecule has 2 heterocycles. The summed E-state index contributed by atoms with van der Waals surface area (Å²) in [4.78, 5) is 19.4. The van der Waals surface area contributed by atoms with E-state index in [4.69, 9.17) is 4.98 Å². The molecular weight excluding hydrogens is 330 g/mol. The Bertz CT molecular complexity index is 744. The molecule has 0 atom stereocenters. The van der Waals surface area contributed by atoms with Crippen LogP contribution in [0, 0.1) is 5.92 Å². The fourth-order valence-electron chi connectivity index (χ4n) is 3.84. The molecule has 1 aromatic heterocycles. The first-order valence-corrected chi connectivity index (χ1v) is 10.5. The smallest absolute Gasteiger partial charge is 0.220 e. The quantitative estimate of drug-likeness (QED) is 0.875. The van der Waals surface area contributed by atoms with Gasteiger partial charge in [0.25, 0.3) is 0 Å². The minimum Gasteiger partial charge on any atom is -0.353 e. The predicted octanol–water partition coefficient (Wildman–Crippen LogP) is 4.13. The average Bonchev–Trinajstić information content (AvgIpc) is 3.03. The largest absolute Gasteiger partial charge is 0.353 e. The molecule has 2 aliphatic rings. The number of hydrogen-bond donors (Lipinski definition) is 1. The van der Waals surface area contributed by atoms with E-state index in [-0.39, 0.29) is 5.91 Å². The first-order valence-electron chi connectivity index (χ1n) is 9.65. The van der Waals surface area contributed by atoms with Crippen molar-refractivity contribution in [2.45, 2.75) is 57.9 Å². The maximum atomic E-state index is 12.1. The number of fused-ring (bicyclic) bond motifs is 1. The van der Waals surface area contributed by atoms with E-state index in [1.807, 2.05) is 0 Å². The summed E-state index contributed by atoms with van der Waals surface area (Å²) in [6, 6.07) is 6.95. The number of hydrogen-bond acceptors (Lipinski definition) is 4. The molecule has 1 aliphatic heterocycles. The van der Waals surface area contributed by atoms with Crippen molar-refractivity contribution in [2.24, 2.45) is 5.92 Å². The Labute approximate surface area is 153 Å². The summed E-state index contributed by atoms with van der Waals surface area (Å²) >= 11 is 1.80. The second kappa shape index (κ2) is 7.32. The summed E-state index contributed by atoms with van der Waals surface area (Å²) in [5.41, 5.74) is 2.51. The Morgan fingerprint density at radius 3 is 2.76 bits per heavy atom. The Hall–Kier alpha value is -1.62. The molecule has 1 saturated carbocycles. The lowest BCUT2D eigenvalue weighted by Gasteiger charge is -2.32. The van der Waals surface area contributed by atoms with Crippen molar-refractivity contribution < 1.29 is 4.79 Å². The van der Waals surface area contributed by atoms with Gasteiger partial charge in [-0.05, 0) is 56.1 Å². The second-order valence-corrected chi connectivity index (χ2v) is 8.45. The van der Waals surface area contributed by atoms with Crippen LogP contribution in [0.3, 0.4) is 0 Å². The number of benzene rings is 1. The zero-order valence-electron chi connectivity index (χ0n) is 15.0. The summed E-state index contributed by atoms with van der Waals surface area (Å²) in [7, 11) is 0. The average molecular weight is 358 g/mol. The van der Waals surface area contributed by atoms with Gasteiger partial charge in [0.2, 0.25) is 5.91 Å². The Balaban J connectivity index is 1.34. The molecule has 0 unspecified atom stereocenters. The molecule has 2 aromatic rings. The molecule has 134 valence electrons. The van der Waals surface area contributed by atoms with Gasteiger partial charge in [-0.3, -0.25) is 4.79 Å². The number of thiazole rings is 1. The minimum absolute atomic E-state index is 0.260. The summed E-state index contributed by atoms with van der Waals surface area (Å²) in [5.74, 6) is 0.785. The van der Waals surface area contributed by atoms with E-state index in [1.54, 1.807) is 11.3 Å². The van der Waals surface area contributed by atoms with Gasteiger partial charge in [-0.15, -0.1) is 0 Å². The summed E-state index contributed by atoms with van der Waals surface area (Å²) in [6.07, 6.45) is 7.51. The third-order valence-corrected chi connectivity index (χ3v) is 6.78. The van der Waals surface area contributed by atoms with Gasteiger partial charge in [0.1, 0.15) is 0 Å². The molecule has 1 aliphatic carbocycles. The highest BCUT2D eigenvalue weighted by molar-refractivity contribution is 7.22. The summed E-state index contributed by atoms with van der Waals surface area (Å²) < 4.78 is 1.29. The van der Waals surface area contributed by atoms with Crippen LogP contribution in [-0.4, -0.2) is 30.0 Å². The van der Waals surface area contributed by atoms with Gasteiger partial charge in [-0.2, -0.15) is 0 Å². The fourth-order valence-corrected chi connectivity index (χ4v) is 4.91. The van der Waals surface area contributed by atoms with Gasteiger partial charge in [-0.25, -0.2) is 4.98 Å². The van der Waals surface area contributed by atoms with E-state index in [0.29, 0.717) is 18.4 Å². The highest BCUT2D eigenvalue weighted by atomic mass is 32.1. The molecule has 1 N–H and O–H groups in total. The molecule has 1 amide bonds. The molecule has 4 rings (SSSR count). The third-order valence-electron chi connectivity index (χ3n) is 5.70. The monoisotopic (exact) mass is 357 g/mol. The minimum atomic E-state index is 0.260. The van der Waals surface area contributed by atoms with Crippen LogP contribution in [0.1, 0.15) is 51.0 Å². The number of piperidine rings is 1. The lowest BCUT2D eigenvalue weighted by Crippen LogP contribution is -2.41. The van der Waals surface area contributed by atoms with E-state index in [2.05, 4.69) is 35.3 Å². The van der Waals surface area contributed by atoms with Gasteiger partial charge < -0.3 is 10.2 Å². The highest BCUT2D eigenvalue weighted by Gasteiger charge is 2.25. The number of nitrogens with one attached hydrogen (secondary N) is 1. The van der Waals surface area contributed by atoms with Crippen molar-refractivity contribution in [1.29, 1.82) is 0 Å². The number of nitrogens with zero attached hydrogens (tertiary/aromatic N) is 2. The van der Waals surface area contributed by atoms with Crippen LogP contribution in [0.25, 0.3) is 10.2 Å². The molecule has 1 saturated heterocycles. The number of para-hydroxylation sites is 1. The van der Waals surface area contributed by atoms with Crippen molar-refractivity contribution >= 4 is 32.6 Å². The molecule has 25 heavy (non-hydrogen) atoms. The molecule has 0 radical (unpaired) electrons. The number of carbonyl (C=O) groups is 1. The Morgan fingerprint density at radius 1 is 1.28 bits per heavy atom. The van der Waals surface area contributed by atoms with Crippen molar-refractivity contribution in [1.82, 2.24) is 10.3 Å². The van der Waals surface area contributed by atoms with Crippen molar-refractivity contribution in [2.75, 3.05) is 18.0 Å². The van der Waals surface area contributed by atoms with Crippen molar-refractivity contribution in [3.8, 4) is 0 Å². The van der Waals surface area contributed by atoms with Crippen LogP contribution in [0.4, 0.5) is 5.13 Å². The summed E-state index contributed by atoms with van der Waals surface area (Å²) in [5, 5.41) is 4.32. The van der Waals surface area contributed by atoms with E-state index >= 15 is 0 Å². The number of anilines is 1. The molecule has 0 spiro atoms. The fraction of sp³-hybridized carbons (Fsp3) is 0.600. The van der Waals surface area contributed by atoms with Crippen molar-refractivity contribution in [3.05, 3.63) is 23.8 Å². The van der Waals surface area contributed by atoms with Crippen LogP contribution in [-0.2, 0) is 11.2 Å². The maximum absolute atomic E-state index is 12.1. The SMILES string of the molecule is CCc1cccc2sc(N3CCC(CC(=O)NC4CCC4)CC3)nc12. The Morgan fingerprint density at radius 2 is 2.08 bits per heavy atom. The number of aromatic nitrogens is 1. The molecule has 2 fully saturated rings. The maximum Gasteiger partial charge on any atom is 0.220 e. The number of amides is 1. The van der Waals surface area contributed by atoms with Crippen LogP contribution < -0.4 is 10.2 Å². The number of rotatable bonds is 5.